The molecule has 0 radical (unpaired) electrons. The van der Waals surface area contributed by atoms with Crippen molar-refractivity contribution in [3.63, 3.8) is 0 Å². The molecule has 3 fully saturated rings. The Hall–Kier alpha value is -3.96. The van der Waals surface area contributed by atoms with E-state index in [0.717, 1.165) is 41.7 Å². The van der Waals surface area contributed by atoms with Crippen molar-refractivity contribution >= 4 is 29.4 Å². The molecule has 0 spiro atoms. The summed E-state index contributed by atoms with van der Waals surface area (Å²) in [6.45, 7) is 1.46. The van der Waals surface area contributed by atoms with Gasteiger partial charge in [0.15, 0.2) is 0 Å². The Morgan fingerprint density at radius 1 is 1.00 bits per heavy atom. The van der Waals surface area contributed by atoms with Crippen molar-refractivity contribution in [2.45, 2.75) is 87.1 Å². The maximum absolute atomic E-state index is 13.8. The lowest BCUT2D eigenvalue weighted by atomic mass is 9.95. The normalized spacial score (nSPS) is 25.9. The number of nitrogens with one attached hydrogen (secondary N) is 3. The second kappa shape index (κ2) is 13.6. The molecule has 3 aliphatic rings. The molecule has 4 amide bonds. The summed E-state index contributed by atoms with van der Waals surface area (Å²) in [7, 11) is 0. The van der Waals surface area contributed by atoms with Gasteiger partial charge in [0, 0.05) is 37.7 Å². The molecule has 4 N–H and O–H groups in total. The van der Waals surface area contributed by atoms with E-state index >= 15 is 0 Å². The van der Waals surface area contributed by atoms with E-state index in [-0.39, 0.29) is 36.9 Å². The molecule has 5 atom stereocenters. The Balaban J connectivity index is 1.15. The fourth-order valence-electron chi connectivity index (χ4n) is 6.51. The van der Waals surface area contributed by atoms with Crippen LogP contribution in [-0.2, 0) is 22.6 Å². The molecule has 11 heteroatoms. The molecule has 6 rings (SSSR count). The van der Waals surface area contributed by atoms with E-state index in [4.69, 9.17) is 4.74 Å². The number of aromatic nitrogens is 1. The molecule has 2 aromatic carbocycles. The first-order chi connectivity index (χ1) is 21.9. The van der Waals surface area contributed by atoms with Crippen LogP contribution >= 0.6 is 11.3 Å². The van der Waals surface area contributed by atoms with Crippen LogP contribution in [0.1, 0.15) is 66.9 Å². The molecule has 2 aliphatic carbocycles. The van der Waals surface area contributed by atoms with Gasteiger partial charge in [-0.25, -0.2) is 9.59 Å². The van der Waals surface area contributed by atoms with E-state index in [1.165, 1.54) is 11.3 Å². The fraction of sp³-hybridized carbons (Fsp3) is 0.471. The summed E-state index contributed by atoms with van der Waals surface area (Å²) in [6, 6.07) is 19.4. The molecule has 1 aromatic heterocycles. The minimum absolute atomic E-state index is 0.114. The number of amides is 4. The molecule has 1 saturated heterocycles. The Morgan fingerprint density at radius 2 is 1.71 bits per heavy atom. The number of urea groups is 1. The van der Waals surface area contributed by atoms with Crippen LogP contribution in [-0.4, -0.2) is 69.3 Å². The fourth-order valence-corrected chi connectivity index (χ4v) is 7.02. The van der Waals surface area contributed by atoms with E-state index in [9.17, 15) is 19.5 Å². The maximum Gasteiger partial charge on any atom is 0.407 e. The van der Waals surface area contributed by atoms with E-state index in [1.807, 2.05) is 48.5 Å². The van der Waals surface area contributed by atoms with Crippen molar-refractivity contribution in [2.24, 2.45) is 0 Å². The minimum Gasteiger partial charge on any atom is -0.444 e. The van der Waals surface area contributed by atoms with Crippen molar-refractivity contribution < 1.29 is 24.2 Å². The number of likely N-dealkylation sites (tertiary alicyclic amines) is 1. The van der Waals surface area contributed by atoms with Gasteiger partial charge in [0.1, 0.15) is 12.1 Å². The highest BCUT2D eigenvalue weighted by Crippen LogP contribution is 2.54. The van der Waals surface area contributed by atoms with Crippen LogP contribution < -0.4 is 16.0 Å². The lowest BCUT2D eigenvalue weighted by Crippen LogP contribution is -2.57. The first-order valence-corrected chi connectivity index (χ1v) is 16.7. The zero-order chi connectivity index (χ0) is 31.3. The third-order valence-electron chi connectivity index (χ3n) is 9.36. The number of hydrogen-bond donors (Lipinski definition) is 4. The Kier molecular flexibility index (Phi) is 9.37. The maximum atomic E-state index is 13.8. The number of ether oxygens (including phenoxy) is 1. The Bertz CT molecular complexity index is 1450. The van der Waals surface area contributed by atoms with Crippen molar-refractivity contribution in [2.75, 3.05) is 13.1 Å². The zero-order valence-electron chi connectivity index (χ0n) is 25.3. The SMILES string of the molecule is O=C(NC1(CC[C@@H](Cc2ccccc2)NC(=O)C2(NC(=O)N3CCCCC3)C[C@H]2O)C[C@H]1c1ccccc1)OCc1cncs1. The molecule has 45 heavy (non-hydrogen) atoms. The van der Waals surface area contributed by atoms with E-state index < -0.39 is 23.3 Å². The second-order valence-corrected chi connectivity index (χ2v) is 13.5. The van der Waals surface area contributed by atoms with Crippen molar-refractivity contribution in [1.82, 2.24) is 25.8 Å². The highest BCUT2D eigenvalue weighted by atomic mass is 32.1. The first kappa shape index (κ1) is 31.0. The molecule has 238 valence electrons. The summed E-state index contributed by atoms with van der Waals surface area (Å²) in [5.41, 5.74) is 2.06. The molecular weight excluding hydrogens is 590 g/mol. The van der Waals surface area contributed by atoms with Gasteiger partial charge in [-0.3, -0.25) is 9.78 Å². The average molecular weight is 632 g/mol. The molecule has 10 nitrogen and oxygen atoms in total. The second-order valence-electron chi connectivity index (χ2n) is 12.6. The number of hydrogen-bond acceptors (Lipinski definition) is 7. The molecule has 3 aromatic rings. The minimum atomic E-state index is -1.33. The highest BCUT2D eigenvalue weighted by Gasteiger charge is 2.62. The summed E-state index contributed by atoms with van der Waals surface area (Å²) >= 11 is 1.43. The Morgan fingerprint density at radius 3 is 2.38 bits per heavy atom. The lowest BCUT2D eigenvalue weighted by molar-refractivity contribution is -0.125. The Labute approximate surface area is 267 Å². The van der Waals surface area contributed by atoms with Gasteiger partial charge < -0.3 is 30.7 Å². The standard InChI is InChI=1S/C34H41N5O5S/c40-29-20-34(29,37-31(42)39-16-8-3-9-17-39)30(41)36-26(18-24-10-4-1-5-11-24)14-15-33(19-28(33)25-12-6-2-7-13-25)38-32(43)44-22-27-21-35-23-45-27/h1-2,4-7,10-13,21,23,26,28-29,40H,3,8-9,14-20,22H2,(H,36,41)(H,37,42)(H,38,43)/t26-,28-,29+,33?,34?/m0/s1. The third kappa shape index (κ3) is 7.48. The van der Waals surface area contributed by atoms with Gasteiger partial charge in [0.25, 0.3) is 0 Å². The number of nitrogens with zero attached hydrogens (tertiary/aromatic N) is 2. The molecular formula is C34H41N5O5S. The molecule has 1 aliphatic heterocycles. The van der Waals surface area contributed by atoms with Crippen molar-refractivity contribution in [3.8, 4) is 0 Å². The van der Waals surface area contributed by atoms with E-state index in [2.05, 4.69) is 33.1 Å². The van der Waals surface area contributed by atoms with Gasteiger partial charge in [0.05, 0.1) is 22.0 Å². The van der Waals surface area contributed by atoms with Crippen LogP contribution in [0.2, 0.25) is 0 Å². The van der Waals surface area contributed by atoms with Crippen LogP contribution in [0.3, 0.4) is 0 Å². The molecule has 0 bridgehead atoms. The zero-order valence-corrected chi connectivity index (χ0v) is 26.1. The van der Waals surface area contributed by atoms with Crippen LogP contribution in [0.4, 0.5) is 9.59 Å². The smallest absolute Gasteiger partial charge is 0.407 e. The number of alkyl carbamates (subject to hydrolysis) is 1. The summed E-state index contributed by atoms with van der Waals surface area (Å²) in [4.78, 5) is 46.4. The average Bonchev–Trinajstić information content (AvgIpc) is 3.85. The number of aliphatic hydroxyl groups excluding tert-OH is 1. The van der Waals surface area contributed by atoms with Crippen molar-refractivity contribution in [3.05, 3.63) is 88.4 Å². The predicted octanol–water partition coefficient (Wildman–Crippen LogP) is 4.50. The highest BCUT2D eigenvalue weighted by molar-refractivity contribution is 7.09. The quantitative estimate of drug-likeness (QED) is 0.233. The van der Waals surface area contributed by atoms with Crippen LogP contribution in [0.25, 0.3) is 0 Å². The summed E-state index contributed by atoms with van der Waals surface area (Å²) in [5, 5.41) is 19.8. The van der Waals surface area contributed by atoms with Gasteiger partial charge in [0.2, 0.25) is 5.91 Å². The number of aliphatic hydroxyl groups is 1. The van der Waals surface area contributed by atoms with E-state index in [1.54, 1.807) is 16.6 Å². The van der Waals surface area contributed by atoms with Gasteiger partial charge >= 0.3 is 12.1 Å². The first-order valence-electron chi connectivity index (χ1n) is 15.8. The van der Waals surface area contributed by atoms with Crippen LogP contribution in [0.15, 0.2) is 72.4 Å². The number of piperidine rings is 1. The van der Waals surface area contributed by atoms with Gasteiger partial charge in [-0.1, -0.05) is 60.7 Å². The summed E-state index contributed by atoms with van der Waals surface area (Å²) < 4.78 is 5.54. The third-order valence-corrected chi connectivity index (χ3v) is 10.1. The monoisotopic (exact) mass is 631 g/mol. The largest absolute Gasteiger partial charge is 0.444 e. The number of rotatable bonds is 12. The number of thiazole rings is 1. The van der Waals surface area contributed by atoms with Gasteiger partial charge in [-0.05, 0) is 56.1 Å². The topological polar surface area (TPSA) is 133 Å². The predicted molar refractivity (Wildman–Crippen MR) is 171 cm³/mol. The number of benzene rings is 2. The number of carbonyl (C=O) groups excluding carboxylic acids is 3. The van der Waals surface area contributed by atoms with E-state index in [0.29, 0.717) is 32.4 Å². The van der Waals surface area contributed by atoms with Crippen LogP contribution in [0.5, 0.6) is 0 Å². The molecule has 2 saturated carbocycles. The van der Waals surface area contributed by atoms with Gasteiger partial charge in [-0.15, -0.1) is 11.3 Å². The molecule has 2 unspecified atom stereocenters. The number of carbonyl (C=O) groups is 3. The summed E-state index contributed by atoms with van der Waals surface area (Å²) in [5.74, 6) is -0.258. The van der Waals surface area contributed by atoms with Crippen LogP contribution in [0, 0.1) is 0 Å². The molecule has 2 heterocycles. The van der Waals surface area contributed by atoms with Crippen molar-refractivity contribution in [1.29, 1.82) is 0 Å². The van der Waals surface area contributed by atoms with Gasteiger partial charge in [-0.2, -0.15) is 0 Å². The lowest BCUT2D eigenvalue weighted by Gasteiger charge is -2.30. The summed E-state index contributed by atoms with van der Waals surface area (Å²) in [6.07, 6.45) is 5.93.